The fourth-order valence-corrected chi connectivity index (χ4v) is 5.04. The molecule has 0 unspecified atom stereocenters. The lowest BCUT2D eigenvalue weighted by Gasteiger charge is -2.32. The summed E-state index contributed by atoms with van der Waals surface area (Å²) in [6.45, 7) is 7.68. The molecule has 1 fully saturated rings. The summed E-state index contributed by atoms with van der Waals surface area (Å²) in [7, 11) is -0.850. The topological polar surface area (TPSA) is 56.8 Å². The average molecular weight is 549 g/mol. The number of fused-ring (bicyclic) bond motifs is 3. The number of ether oxygens (including phenoxy) is 1. The second kappa shape index (κ2) is 10.8. The van der Waals surface area contributed by atoms with Crippen molar-refractivity contribution in [3.63, 3.8) is 0 Å². The Kier molecular flexibility index (Phi) is 7.55. The summed E-state index contributed by atoms with van der Waals surface area (Å²) in [5.41, 5.74) is 3.28. The van der Waals surface area contributed by atoms with Crippen LogP contribution in [0.1, 0.15) is 62.3 Å². The standard InChI is InChI=1S/C31H31BF3NO4/c1-30(2)31(3,4)40-32(39-30)20(15-19-13-14-25(28(34)35)27(33)16-19)17-36-29(37)38-18-26-23-11-7-5-9-21(23)22-10-6-8-12-24(22)26/h5-16,26,28H,17-18H2,1-4H3,(H,36,37). The summed E-state index contributed by atoms with van der Waals surface area (Å²) < 4.78 is 58.3. The first-order valence-electron chi connectivity index (χ1n) is 13.2. The number of amides is 1. The monoisotopic (exact) mass is 549 g/mol. The molecular weight excluding hydrogens is 518 g/mol. The van der Waals surface area contributed by atoms with Gasteiger partial charge in [0.1, 0.15) is 12.4 Å². The Balaban J connectivity index is 1.31. The molecule has 1 aliphatic carbocycles. The van der Waals surface area contributed by atoms with E-state index in [9.17, 15) is 18.0 Å². The summed E-state index contributed by atoms with van der Waals surface area (Å²) in [5.74, 6) is -1.10. The van der Waals surface area contributed by atoms with Gasteiger partial charge in [-0.25, -0.2) is 18.0 Å². The molecule has 1 heterocycles. The number of alkyl halides is 2. The zero-order valence-corrected chi connectivity index (χ0v) is 22.8. The molecule has 0 aromatic heterocycles. The van der Waals surface area contributed by atoms with E-state index < -0.39 is 42.2 Å². The molecule has 1 amide bonds. The summed E-state index contributed by atoms with van der Waals surface area (Å²) in [4.78, 5) is 12.8. The van der Waals surface area contributed by atoms with Crippen molar-refractivity contribution in [2.75, 3.05) is 13.2 Å². The van der Waals surface area contributed by atoms with E-state index in [0.717, 1.165) is 34.4 Å². The van der Waals surface area contributed by atoms with Gasteiger partial charge in [0.25, 0.3) is 6.43 Å². The van der Waals surface area contributed by atoms with E-state index in [-0.39, 0.29) is 19.1 Å². The van der Waals surface area contributed by atoms with Crippen LogP contribution >= 0.6 is 0 Å². The molecule has 1 saturated heterocycles. The molecule has 0 saturated carbocycles. The van der Waals surface area contributed by atoms with E-state index in [2.05, 4.69) is 17.4 Å². The highest BCUT2D eigenvalue weighted by Crippen LogP contribution is 2.44. The first kappa shape index (κ1) is 28.0. The highest BCUT2D eigenvalue weighted by Gasteiger charge is 2.52. The van der Waals surface area contributed by atoms with Crippen LogP contribution in [0.2, 0.25) is 0 Å². The van der Waals surface area contributed by atoms with Gasteiger partial charge < -0.3 is 19.4 Å². The van der Waals surface area contributed by atoms with E-state index in [1.54, 1.807) is 6.08 Å². The van der Waals surface area contributed by atoms with Crippen molar-refractivity contribution in [1.29, 1.82) is 0 Å². The third kappa shape index (κ3) is 5.40. The summed E-state index contributed by atoms with van der Waals surface area (Å²) in [6.07, 6.45) is -1.98. The van der Waals surface area contributed by atoms with Crippen LogP contribution in [0.3, 0.4) is 0 Å². The quantitative estimate of drug-likeness (QED) is 0.314. The maximum atomic E-state index is 14.3. The fraction of sp³-hybridized carbons (Fsp3) is 0.323. The molecule has 208 valence electrons. The van der Waals surface area contributed by atoms with E-state index in [1.165, 1.54) is 6.07 Å². The van der Waals surface area contributed by atoms with Gasteiger partial charge >= 0.3 is 13.2 Å². The van der Waals surface area contributed by atoms with Gasteiger partial charge in [0.15, 0.2) is 0 Å². The molecule has 5 nitrogen and oxygen atoms in total. The highest BCUT2D eigenvalue weighted by atomic mass is 19.3. The Labute approximate surface area is 232 Å². The van der Waals surface area contributed by atoms with Crippen molar-refractivity contribution in [3.8, 4) is 11.1 Å². The Hall–Kier alpha value is -3.56. The minimum atomic E-state index is -2.92. The van der Waals surface area contributed by atoms with Gasteiger partial charge in [0.2, 0.25) is 0 Å². The van der Waals surface area contributed by atoms with Gasteiger partial charge in [-0.2, -0.15) is 0 Å². The molecule has 3 aromatic rings. The molecule has 2 aliphatic rings. The SMILES string of the molecule is CC1(C)OB(C(=Cc2ccc(C(F)F)c(F)c2)CNC(=O)OCC2c3ccccc3-c3ccccc32)OC1(C)C. The van der Waals surface area contributed by atoms with Crippen LogP contribution in [0.25, 0.3) is 17.2 Å². The van der Waals surface area contributed by atoms with Crippen molar-refractivity contribution >= 4 is 19.3 Å². The lowest BCUT2D eigenvalue weighted by molar-refractivity contribution is 0.00578. The second-order valence-corrected chi connectivity index (χ2v) is 11.1. The third-order valence-corrected chi connectivity index (χ3v) is 7.95. The van der Waals surface area contributed by atoms with E-state index >= 15 is 0 Å². The minimum Gasteiger partial charge on any atom is -0.449 e. The van der Waals surface area contributed by atoms with Crippen LogP contribution in [0.5, 0.6) is 0 Å². The number of carbonyl (C=O) groups excluding carboxylic acids is 1. The average Bonchev–Trinajstić information content (AvgIpc) is 3.34. The smallest absolute Gasteiger partial charge is 0.449 e. The predicted molar refractivity (Wildman–Crippen MR) is 148 cm³/mol. The molecule has 1 aliphatic heterocycles. The molecule has 0 radical (unpaired) electrons. The lowest BCUT2D eigenvalue weighted by Crippen LogP contribution is -2.41. The van der Waals surface area contributed by atoms with Crippen LogP contribution in [-0.4, -0.2) is 37.6 Å². The molecule has 40 heavy (non-hydrogen) atoms. The minimum absolute atomic E-state index is 0.0221. The van der Waals surface area contributed by atoms with Crippen molar-refractivity contribution in [2.24, 2.45) is 0 Å². The molecular formula is C31H31BF3NO4. The highest BCUT2D eigenvalue weighted by molar-refractivity contribution is 6.56. The number of nitrogens with one attached hydrogen (secondary N) is 1. The van der Waals surface area contributed by atoms with Crippen molar-refractivity contribution < 1.29 is 32.0 Å². The van der Waals surface area contributed by atoms with Gasteiger partial charge in [-0.1, -0.05) is 60.7 Å². The Morgan fingerprint density at radius 2 is 1.55 bits per heavy atom. The predicted octanol–water partition coefficient (Wildman–Crippen LogP) is 7.32. The van der Waals surface area contributed by atoms with Gasteiger partial charge in [0, 0.05) is 12.5 Å². The van der Waals surface area contributed by atoms with Crippen molar-refractivity contribution in [3.05, 3.63) is 100 Å². The van der Waals surface area contributed by atoms with Gasteiger partial charge in [-0.05, 0) is 73.1 Å². The summed E-state index contributed by atoms with van der Waals surface area (Å²) in [5, 5.41) is 2.75. The van der Waals surface area contributed by atoms with Crippen LogP contribution in [0, 0.1) is 5.82 Å². The maximum absolute atomic E-state index is 14.3. The first-order chi connectivity index (χ1) is 19.0. The van der Waals surface area contributed by atoms with Gasteiger partial charge in [-0.3, -0.25) is 0 Å². The molecule has 0 spiro atoms. The Morgan fingerprint density at radius 1 is 0.975 bits per heavy atom. The zero-order valence-electron chi connectivity index (χ0n) is 22.8. The van der Waals surface area contributed by atoms with Crippen LogP contribution in [0.4, 0.5) is 18.0 Å². The summed E-state index contributed by atoms with van der Waals surface area (Å²) in [6, 6.07) is 19.6. The Bertz CT molecular complexity index is 1390. The van der Waals surface area contributed by atoms with Crippen LogP contribution in [-0.2, 0) is 14.0 Å². The van der Waals surface area contributed by atoms with Crippen LogP contribution in [0.15, 0.2) is 72.2 Å². The van der Waals surface area contributed by atoms with Crippen LogP contribution < -0.4 is 5.32 Å². The van der Waals surface area contributed by atoms with E-state index in [4.69, 9.17) is 14.0 Å². The normalized spacial score (nSPS) is 17.6. The number of carbonyl (C=O) groups is 1. The molecule has 0 atom stereocenters. The first-order valence-corrected chi connectivity index (χ1v) is 13.2. The molecule has 1 N–H and O–H groups in total. The summed E-state index contributed by atoms with van der Waals surface area (Å²) >= 11 is 0. The van der Waals surface area contributed by atoms with Crippen molar-refractivity contribution in [2.45, 2.75) is 51.2 Å². The second-order valence-electron chi connectivity index (χ2n) is 11.1. The van der Waals surface area contributed by atoms with Gasteiger partial charge in [0.05, 0.1) is 16.8 Å². The number of hydrogen-bond acceptors (Lipinski definition) is 4. The van der Waals surface area contributed by atoms with Crippen molar-refractivity contribution in [1.82, 2.24) is 5.32 Å². The zero-order chi connectivity index (χ0) is 28.7. The molecule has 0 bridgehead atoms. The van der Waals surface area contributed by atoms with Gasteiger partial charge in [-0.15, -0.1) is 0 Å². The largest absolute Gasteiger partial charge is 0.492 e. The lowest BCUT2D eigenvalue weighted by atomic mass is 9.77. The number of halogens is 3. The third-order valence-electron chi connectivity index (χ3n) is 7.95. The Morgan fingerprint density at radius 3 is 2.10 bits per heavy atom. The number of alkyl carbamates (subject to hydrolysis) is 1. The molecule has 3 aromatic carbocycles. The molecule has 9 heteroatoms. The van der Waals surface area contributed by atoms with E-state index in [1.807, 2.05) is 64.1 Å². The number of rotatable bonds is 7. The number of benzene rings is 3. The van der Waals surface area contributed by atoms with E-state index in [0.29, 0.717) is 11.0 Å². The fourth-order valence-electron chi connectivity index (χ4n) is 5.04. The number of hydrogen-bond donors (Lipinski definition) is 1. The molecule has 5 rings (SSSR count). The maximum Gasteiger partial charge on any atom is 0.492 e.